The number of carbonyl (C=O) groups excluding carboxylic acids is 2. The third kappa shape index (κ3) is 3.23. The molecule has 2 rings (SSSR count). The summed E-state index contributed by atoms with van der Waals surface area (Å²) in [5.41, 5.74) is 0.277. The molecule has 1 aromatic heterocycles. The molecule has 23 heavy (non-hydrogen) atoms. The second-order valence-electron chi connectivity index (χ2n) is 6.15. The van der Waals surface area contributed by atoms with Gasteiger partial charge in [-0.2, -0.15) is 0 Å². The molecule has 7 nitrogen and oxygen atoms in total. The van der Waals surface area contributed by atoms with Crippen molar-refractivity contribution >= 4 is 28.7 Å². The van der Waals surface area contributed by atoms with Gasteiger partial charge in [0.25, 0.3) is 0 Å². The standard InChI is InChI=1S/C16H18N2O5/c1-9-6-10-8-12(14(19)22-5)18(13(10)11(7-9)17-21)15(20)23-16(2,3)4/h6-8H,1-5H3. The lowest BCUT2D eigenvalue weighted by Gasteiger charge is -2.20. The van der Waals surface area contributed by atoms with Crippen LogP contribution in [0.3, 0.4) is 0 Å². The Morgan fingerprint density at radius 2 is 1.83 bits per heavy atom. The molecular weight excluding hydrogens is 300 g/mol. The average molecular weight is 318 g/mol. The Bertz CT molecular complexity index is 799. The van der Waals surface area contributed by atoms with Crippen molar-refractivity contribution in [3.05, 3.63) is 34.4 Å². The number of esters is 1. The van der Waals surface area contributed by atoms with E-state index in [0.717, 1.165) is 10.1 Å². The van der Waals surface area contributed by atoms with Crippen LogP contribution >= 0.6 is 0 Å². The number of carbonyl (C=O) groups is 2. The van der Waals surface area contributed by atoms with Crippen molar-refractivity contribution in [3.8, 4) is 0 Å². The molecule has 0 spiro atoms. The van der Waals surface area contributed by atoms with Gasteiger partial charge < -0.3 is 9.47 Å². The van der Waals surface area contributed by atoms with E-state index in [9.17, 15) is 14.5 Å². The third-order valence-corrected chi connectivity index (χ3v) is 3.09. The smallest absolute Gasteiger partial charge is 0.419 e. The number of nitrogens with zero attached hydrogens (tertiary/aromatic N) is 2. The molecule has 1 heterocycles. The van der Waals surface area contributed by atoms with Crippen molar-refractivity contribution in [2.75, 3.05) is 7.11 Å². The Morgan fingerprint density at radius 3 is 2.35 bits per heavy atom. The number of ether oxygens (including phenoxy) is 2. The molecule has 0 aliphatic heterocycles. The van der Waals surface area contributed by atoms with Crippen LogP contribution in [0.5, 0.6) is 0 Å². The molecule has 0 atom stereocenters. The molecule has 2 aromatic rings. The Labute approximate surface area is 133 Å². The molecule has 0 aliphatic rings. The molecule has 0 N–H and O–H groups in total. The van der Waals surface area contributed by atoms with Crippen LogP contribution in [0.4, 0.5) is 10.5 Å². The zero-order chi connectivity index (χ0) is 17.4. The van der Waals surface area contributed by atoms with Gasteiger partial charge in [0, 0.05) is 5.39 Å². The van der Waals surface area contributed by atoms with Crippen LogP contribution in [0.2, 0.25) is 0 Å². The maximum atomic E-state index is 12.5. The lowest BCUT2D eigenvalue weighted by atomic mass is 10.1. The van der Waals surface area contributed by atoms with Crippen LogP contribution in [0.15, 0.2) is 23.4 Å². The highest BCUT2D eigenvalue weighted by atomic mass is 16.6. The van der Waals surface area contributed by atoms with E-state index in [2.05, 4.69) is 5.18 Å². The van der Waals surface area contributed by atoms with E-state index in [4.69, 9.17) is 9.47 Å². The van der Waals surface area contributed by atoms with E-state index in [-0.39, 0.29) is 16.9 Å². The number of rotatable bonds is 2. The van der Waals surface area contributed by atoms with Crippen molar-refractivity contribution in [3.63, 3.8) is 0 Å². The van der Waals surface area contributed by atoms with E-state index in [1.165, 1.54) is 19.2 Å². The fourth-order valence-electron chi connectivity index (χ4n) is 2.29. The molecule has 0 radical (unpaired) electrons. The van der Waals surface area contributed by atoms with Crippen LogP contribution in [-0.4, -0.2) is 29.3 Å². The summed E-state index contributed by atoms with van der Waals surface area (Å²) in [7, 11) is 1.21. The van der Waals surface area contributed by atoms with Gasteiger partial charge in [-0.15, -0.1) is 4.91 Å². The van der Waals surface area contributed by atoms with Crippen LogP contribution < -0.4 is 0 Å². The van der Waals surface area contributed by atoms with Crippen molar-refractivity contribution in [2.24, 2.45) is 5.18 Å². The van der Waals surface area contributed by atoms with E-state index in [1.807, 2.05) is 0 Å². The Hall–Kier alpha value is -2.70. The molecule has 0 bridgehead atoms. The first-order valence-electron chi connectivity index (χ1n) is 6.99. The molecule has 0 unspecified atom stereocenters. The second kappa shape index (κ2) is 5.83. The largest absolute Gasteiger partial charge is 0.464 e. The van der Waals surface area contributed by atoms with Gasteiger partial charge in [-0.25, -0.2) is 14.2 Å². The summed E-state index contributed by atoms with van der Waals surface area (Å²) in [5, 5.41) is 3.50. The number of aryl methyl sites for hydroxylation is 1. The summed E-state index contributed by atoms with van der Waals surface area (Å²) in [6.07, 6.45) is -0.776. The van der Waals surface area contributed by atoms with E-state index in [0.29, 0.717) is 5.39 Å². The molecule has 0 saturated heterocycles. The topological polar surface area (TPSA) is 87.0 Å². The summed E-state index contributed by atoms with van der Waals surface area (Å²) in [4.78, 5) is 35.7. The number of methoxy groups -OCH3 is 1. The van der Waals surface area contributed by atoms with E-state index in [1.54, 1.807) is 33.8 Å². The van der Waals surface area contributed by atoms with Crippen LogP contribution in [0.25, 0.3) is 10.9 Å². The molecule has 7 heteroatoms. The number of hydrogen-bond acceptors (Lipinski definition) is 6. The molecule has 1 aromatic carbocycles. The van der Waals surface area contributed by atoms with Gasteiger partial charge in [0.05, 0.1) is 12.6 Å². The van der Waals surface area contributed by atoms with Crippen molar-refractivity contribution in [1.82, 2.24) is 4.57 Å². The lowest BCUT2D eigenvalue weighted by Crippen LogP contribution is -2.29. The number of nitroso groups, excluding NO2 is 1. The first-order valence-corrected chi connectivity index (χ1v) is 6.99. The Morgan fingerprint density at radius 1 is 1.17 bits per heavy atom. The van der Waals surface area contributed by atoms with Crippen LogP contribution in [0.1, 0.15) is 36.8 Å². The van der Waals surface area contributed by atoms with Crippen molar-refractivity contribution in [1.29, 1.82) is 0 Å². The summed E-state index contributed by atoms with van der Waals surface area (Å²) in [6, 6.07) is 4.77. The van der Waals surface area contributed by atoms with Gasteiger partial charge in [0.2, 0.25) is 0 Å². The molecule has 0 fully saturated rings. The highest BCUT2D eigenvalue weighted by Gasteiger charge is 2.27. The number of benzene rings is 1. The Kier molecular flexibility index (Phi) is 4.22. The minimum Gasteiger partial charge on any atom is -0.464 e. The van der Waals surface area contributed by atoms with Gasteiger partial charge >= 0.3 is 12.1 Å². The predicted molar refractivity (Wildman–Crippen MR) is 85.1 cm³/mol. The molecule has 122 valence electrons. The number of hydrogen-bond donors (Lipinski definition) is 0. The summed E-state index contributed by atoms with van der Waals surface area (Å²) >= 11 is 0. The fourth-order valence-corrected chi connectivity index (χ4v) is 2.29. The lowest BCUT2D eigenvalue weighted by molar-refractivity contribution is 0.0490. The highest BCUT2D eigenvalue weighted by Crippen LogP contribution is 2.32. The first-order chi connectivity index (χ1) is 10.7. The van der Waals surface area contributed by atoms with Gasteiger partial charge in [-0.05, 0) is 56.6 Å². The maximum absolute atomic E-state index is 12.5. The minimum atomic E-state index is -0.776. The SMILES string of the molecule is COC(=O)c1cc2cc(C)cc(N=O)c2n1C(=O)OC(C)(C)C. The number of aromatic nitrogens is 1. The Balaban J connectivity index is 2.79. The van der Waals surface area contributed by atoms with Crippen molar-refractivity contribution < 1.29 is 19.1 Å². The summed E-state index contributed by atoms with van der Waals surface area (Å²) < 4.78 is 11.1. The van der Waals surface area contributed by atoms with Gasteiger partial charge in [0.1, 0.15) is 17.0 Å². The normalized spacial score (nSPS) is 11.3. The summed E-state index contributed by atoms with van der Waals surface area (Å²) in [6.45, 7) is 6.91. The predicted octanol–water partition coefficient (Wildman–Crippen LogP) is 3.92. The second-order valence-corrected chi connectivity index (χ2v) is 6.15. The fraction of sp³-hybridized carbons (Fsp3) is 0.375. The van der Waals surface area contributed by atoms with Gasteiger partial charge in [-0.3, -0.25) is 0 Å². The van der Waals surface area contributed by atoms with E-state index >= 15 is 0 Å². The van der Waals surface area contributed by atoms with Gasteiger partial charge in [0.15, 0.2) is 0 Å². The van der Waals surface area contributed by atoms with Crippen molar-refractivity contribution in [2.45, 2.75) is 33.3 Å². The van der Waals surface area contributed by atoms with E-state index < -0.39 is 17.7 Å². The third-order valence-electron chi connectivity index (χ3n) is 3.09. The highest BCUT2D eigenvalue weighted by molar-refractivity contribution is 6.05. The quantitative estimate of drug-likeness (QED) is 0.618. The summed E-state index contributed by atoms with van der Waals surface area (Å²) in [5.74, 6) is -0.707. The zero-order valence-corrected chi connectivity index (χ0v) is 13.7. The maximum Gasteiger partial charge on any atom is 0.419 e. The van der Waals surface area contributed by atoms with Crippen LogP contribution in [-0.2, 0) is 9.47 Å². The van der Waals surface area contributed by atoms with Gasteiger partial charge in [-0.1, -0.05) is 0 Å². The van der Waals surface area contributed by atoms with Crippen LogP contribution in [0, 0.1) is 11.8 Å². The monoisotopic (exact) mass is 318 g/mol. The first kappa shape index (κ1) is 16.7. The minimum absolute atomic E-state index is 0.0211. The molecule has 0 aliphatic carbocycles. The zero-order valence-electron chi connectivity index (χ0n) is 13.7. The number of fused-ring (bicyclic) bond motifs is 1. The molecule has 0 saturated carbocycles. The molecule has 0 amide bonds. The average Bonchev–Trinajstić information content (AvgIpc) is 2.82. The molecular formula is C16H18N2O5.